The van der Waals surface area contributed by atoms with E-state index in [1.165, 1.54) is 12.1 Å². The van der Waals surface area contributed by atoms with Crippen molar-refractivity contribution in [3.8, 4) is 6.07 Å². The standard InChI is InChI=1S/C16H20FN3O2S/c1-12-6-9-20(10-7-12)15-4-3-14(17)11-16(15)23(21,22)19-13(2)5-8-18/h3-4,11,13,19H,1,5-7,9-10H2,2H3. The van der Waals surface area contributed by atoms with E-state index in [0.717, 1.165) is 24.5 Å². The maximum atomic E-state index is 13.6. The predicted octanol–water partition coefficient (Wildman–Crippen LogP) is 2.56. The molecular formula is C16H20FN3O2S. The number of hydrogen-bond donors (Lipinski definition) is 1. The summed E-state index contributed by atoms with van der Waals surface area (Å²) in [7, 11) is -3.90. The maximum absolute atomic E-state index is 13.6. The second-order valence-corrected chi connectivity index (χ2v) is 7.42. The summed E-state index contributed by atoms with van der Waals surface area (Å²) in [4.78, 5) is 1.84. The van der Waals surface area contributed by atoms with E-state index in [1.807, 2.05) is 11.0 Å². The predicted molar refractivity (Wildman–Crippen MR) is 87.0 cm³/mol. The summed E-state index contributed by atoms with van der Waals surface area (Å²) >= 11 is 0. The van der Waals surface area contributed by atoms with Crippen LogP contribution in [0.15, 0.2) is 35.2 Å². The molecule has 1 atom stereocenters. The minimum absolute atomic E-state index is 0.0490. The highest BCUT2D eigenvalue weighted by molar-refractivity contribution is 7.89. The topological polar surface area (TPSA) is 73.2 Å². The SMILES string of the molecule is C=C1CCN(c2ccc(F)cc2S(=O)(=O)NC(C)CC#N)CC1. The second-order valence-electron chi connectivity index (χ2n) is 5.73. The number of sulfonamides is 1. The van der Waals surface area contributed by atoms with Crippen LogP contribution >= 0.6 is 0 Å². The molecule has 0 bridgehead atoms. The number of nitriles is 1. The summed E-state index contributed by atoms with van der Waals surface area (Å²) in [6.07, 6.45) is 1.62. The maximum Gasteiger partial charge on any atom is 0.243 e. The fourth-order valence-corrected chi connectivity index (χ4v) is 4.02. The molecule has 0 aliphatic carbocycles. The Morgan fingerprint density at radius 1 is 1.43 bits per heavy atom. The Bertz CT molecular complexity index is 730. The molecule has 1 aromatic rings. The summed E-state index contributed by atoms with van der Waals surface area (Å²) in [5.74, 6) is -0.608. The van der Waals surface area contributed by atoms with E-state index in [9.17, 15) is 12.8 Å². The van der Waals surface area contributed by atoms with Crippen LogP contribution in [0.3, 0.4) is 0 Å². The van der Waals surface area contributed by atoms with Crippen molar-refractivity contribution in [1.82, 2.24) is 4.72 Å². The lowest BCUT2D eigenvalue weighted by Gasteiger charge is -2.31. The van der Waals surface area contributed by atoms with E-state index < -0.39 is 21.9 Å². The Balaban J connectivity index is 2.35. The first-order valence-corrected chi connectivity index (χ1v) is 8.92. The zero-order valence-electron chi connectivity index (χ0n) is 13.0. The zero-order chi connectivity index (χ0) is 17.0. The monoisotopic (exact) mass is 337 g/mol. The number of nitrogens with zero attached hydrogens (tertiary/aromatic N) is 2. The van der Waals surface area contributed by atoms with Gasteiger partial charge in [-0.15, -0.1) is 0 Å². The van der Waals surface area contributed by atoms with Crippen LogP contribution in [0.5, 0.6) is 0 Å². The van der Waals surface area contributed by atoms with Gasteiger partial charge in [0.25, 0.3) is 0 Å². The van der Waals surface area contributed by atoms with E-state index in [-0.39, 0.29) is 11.3 Å². The molecule has 0 aromatic heterocycles. The van der Waals surface area contributed by atoms with Gasteiger partial charge in [-0.1, -0.05) is 12.2 Å². The molecular weight excluding hydrogens is 317 g/mol. The molecule has 5 nitrogen and oxygen atoms in total. The molecule has 1 saturated heterocycles. The number of piperidine rings is 1. The summed E-state index contributed by atoms with van der Waals surface area (Å²) < 4.78 is 41.2. The third-order valence-corrected chi connectivity index (χ3v) is 5.40. The molecule has 23 heavy (non-hydrogen) atoms. The quantitative estimate of drug-likeness (QED) is 0.838. The Hall–Kier alpha value is -1.91. The number of nitrogens with one attached hydrogen (secondary N) is 1. The van der Waals surface area contributed by atoms with Crippen LogP contribution in [0.2, 0.25) is 0 Å². The van der Waals surface area contributed by atoms with Gasteiger partial charge in [0.1, 0.15) is 10.7 Å². The molecule has 2 rings (SSSR count). The number of rotatable bonds is 5. The van der Waals surface area contributed by atoms with Gasteiger partial charge in [-0.3, -0.25) is 0 Å². The minimum atomic E-state index is -3.90. The van der Waals surface area contributed by atoms with Crippen LogP contribution < -0.4 is 9.62 Å². The van der Waals surface area contributed by atoms with Crippen LogP contribution in [-0.2, 0) is 10.0 Å². The zero-order valence-corrected chi connectivity index (χ0v) is 13.9. The second kappa shape index (κ2) is 7.11. The number of halogens is 1. The highest BCUT2D eigenvalue weighted by Gasteiger charge is 2.25. The van der Waals surface area contributed by atoms with E-state index in [2.05, 4.69) is 11.3 Å². The Morgan fingerprint density at radius 3 is 2.70 bits per heavy atom. The minimum Gasteiger partial charge on any atom is -0.370 e. The van der Waals surface area contributed by atoms with Crippen molar-refractivity contribution in [3.63, 3.8) is 0 Å². The van der Waals surface area contributed by atoms with E-state index in [4.69, 9.17) is 5.26 Å². The fraction of sp³-hybridized carbons (Fsp3) is 0.438. The van der Waals surface area contributed by atoms with Gasteiger partial charge in [-0.2, -0.15) is 5.26 Å². The van der Waals surface area contributed by atoms with E-state index in [1.54, 1.807) is 6.92 Å². The first-order valence-electron chi connectivity index (χ1n) is 7.44. The lowest BCUT2D eigenvalue weighted by atomic mass is 10.1. The third kappa shape index (κ3) is 4.30. The molecule has 0 spiro atoms. The molecule has 1 heterocycles. The van der Waals surface area contributed by atoms with Crippen molar-refractivity contribution in [2.24, 2.45) is 0 Å². The van der Waals surface area contributed by atoms with Crippen molar-refractivity contribution in [1.29, 1.82) is 5.26 Å². The number of hydrogen-bond acceptors (Lipinski definition) is 4. The van der Waals surface area contributed by atoms with Gasteiger partial charge in [0.2, 0.25) is 10.0 Å². The summed E-state index contributed by atoms with van der Waals surface area (Å²) in [6, 6.07) is 5.16. The van der Waals surface area contributed by atoms with Crippen molar-refractivity contribution < 1.29 is 12.8 Å². The third-order valence-electron chi connectivity index (χ3n) is 3.78. The van der Waals surface area contributed by atoms with Crippen molar-refractivity contribution in [3.05, 3.63) is 36.2 Å². The van der Waals surface area contributed by atoms with Crippen LogP contribution in [0, 0.1) is 17.1 Å². The molecule has 0 saturated carbocycles. The van der Waals surface area contributed by atoms with Crippen molar-refractivity contribution >= 4 is 15.7 Å². The highest BCUT2D eigenvalue weighted by Crippen LogP contribution is 2.29. The van der Waals surface area contributed by atoms with Crippen LogP contribution in [-0.4, -0.2) is 27.5 Å². The van der Waals surface area contributed by atoms with Crippen molar-refractivity contribution in [2.45, 2.75) is 37.1 Å². The first-order chi connectivity index (χ1) is 10.8. The lowest BCUT2D eigenvalue weighted by molar-refractivity contribution is 0.559. The highest BCUT2D eigenvalue weighted by atomic mass is 32.2. The molecule has 1 N–H and O–H groups in total. The fourth-order valence-electron chi connectivity index (χ4n) is 2.54. The molecule has 1 unspecified atom stereocenters. The van der Waals surface area contributed by atoms with E-state index in [0.29, 0.717) is 18.8 Å². The van der Waals surface area contributed by atoms with Crippen LogP contribution in [0.4, 0.5) is 10.1 Å². The Morgan fingerprint density at radius 2 is 2.09 bits per heavy atom. The molecule has 124 valence electrons. The molecule has 1 aliphatic heterocycles. The van der Waals surface area contributed by atoms with Gasteiger partial charge in [-0.05, 0) is 38.0 Å². The summed E-state index contributed by atoms with van der Waals surface area (Å²) in [5, 5.41) is 8.67. The average molecular weight is 337 g/mol. The summed E-state index contributed by atoms with van der Waals surface area (Å²) in [6.45, 7) is 6.85. The van der Waals surface area contributed by atoms with E-state index >= 15 is 0 Å². The molecule has 0 radical (unpaired) electrons. The molecule has 7 heteroatoms. The van der Waals surface area contributed by atoms with Gasteiger partial charge in [0, 0.05) is 19.1 Å². The van der Waals surface area contributed by atoms with Gasteiger partial charge in [0.15, 0.2) is 0 Å². The first kappa shape index (κ1) is 17.4. The Labute approximate surface area is 136 Å². The molecule has 1 aromatic carbocycles. The largest absolute Gasteiger partial charge is 0.370 e. The smallest absolute Gasteiger partial charge is 0.243 e. The van der Waals surface area contributed by atoms with Gasteiger partial charge in [-0.25, -0.2) is 17.5 Å². The Kier molecular flexibility index (Phi) is 5.39. The van der Waals surface area contributed by atoms with Gasteiger partial charge < -0.3 is 4.90 Å². The van der Waals surface area contributed by atoms with Crippen molar-refractivity contribution in [2.75, 3.05) is 18.0 Å². The van der Waals surface area contributed by atoms with Crippen LogP contribution in [0.25, 0.3) is 0 Å². The number of benzene rings is 1. The number of anilines is 1. The molecule has 0 amide bonds. The van der Waals surface area contributed by atoms with Crippen LogP contribution in [0.1, 0.15) is 26.2 Å². The lowest BCUT2D eigenvalue weighted by Crippen LogP contribution is -2.36. The molecule has 1 fully saturated rings. The average Bonchev–Trinajstić information content (AvgIpc) is 2.48. The van der Waals surface area contributed by atoms with Gasteiger partial charge >= 0.3 is 0 Å². The summed E-state index contributed by atoms with van der Waals surface area (Å²) in [5.41, 5.74) is 1.61. The van der Waals surface area contributed by atoms with Gasteiger partial charge in [0.05, 0.1) is 18.2 Å². The normalized spacial score (nSPS) is 16.9. The molecule has 1 aliphatic rings.